The van der Waals surface area contributed by atoms with E-state index in [1.165, 1.54) is 48.7 Å². The summed E-state index contributed by atoms with van der Waals surface area (Å²) in [5.41, 5.74) is -0.165. The molecule has 18 heteroatoms. The fraction of sp³-hybridized carbons (Fsp3) is 0.583. The van der Waals surface area contributed by atoms with Gasteiger partial charge in [0.2, 0.25) is 17.7 Å². The molecule has 4 bridgehead atoms. The maximum atomic E-state index is 14.4. The van der Waals surface area contributed by atoms with Gasteiger partial charge < -0.3 is 44.1 Å². The van der Waals surface area contributed by atoms with E-state index in [-0.39, 0.29) is 36.1 Å². The third-order valence-corrected chi connectivity index (χ3v) is 14.2. The molecule has 4 heterocycles. The number of epoxide rings is 1. The van der Waals surface area contributed by atoms with Crippen LogP contribution in [-0.2, 0) is 44.6 Å². The molecular weight excluding hydrogens is 890 g/mol. The van der Waals surface area contributed by atoms with Crippen molar-refractivity contribution in [2.75, 3.05) is 44.7 Å². The fourth-order valence-electron chi connectivity index (χ4n) is 8.58. The number of esters is 1. The van der Waals surface area contributed by atoms with Crippen LogP contribution in [0.15, 0.2) is 60.4 Å². The number of allylic oxidation sites excluding steroid dienone is 4. The van der Waals surface area contributed by atoms with Crippen LogP contribution in [0.25, 0.3) is 0 Å². The van der Waals surface area contributed by atoms with Gasteiger partial charge in [-0.15, -0.1) is 0 Å². The minimum atomic E-state index is -1.66. The Bertz CT molecular complexity index is 2110. The molecule has 0 saturated carbocycles. The highest BCUT2D eigenvalue weighted by Gasteiger charge is 2.64. The minimum Gasteiger partial charge on any atom is -0.495 e. The van der Waals surface area contributed by atoms with Gasteiger partial charge >= 0.3 is 12.1 Å². The zero-order valence-electron chi connectivity index (χ0n) is 39.5. The summed E-state index contributed by atoms with van der Waals surface area (Å²) in [6.07, 6.45) is 9.58. The molecule has 1 aromatic rings. The van der Waals surface area contributed by atoms with E-state index in [9.17, 15) is 33.9 Å². The topological polar surface area (TPSA) is 197 Å². The summed E-state index contributed by atoms with van der Waals surface area (Å²) in [7, 11) is 4.51. The molecule has 0 aliphatic carbocycles. The monoisotopic (exact) mass is 955 g/mol. The van der Waals surface area contributed by atoms with E-state index >= 15 is 0 Å². The molecule has 2 saturated heterocycles. The van der Waals surface area contributed by atoms with Crippen molar-refractivity contribution in [1.82, 2.24) is 20.4 Å². The molecule has 5 amide bonds. The Balaban J connectivity index is 1.36. The Morgan fingerprint density at radius 2 is 1.89 bits per heavy atom. The molecule has 8 unspecified atom stereocenters. The molecule has 0 spiro atoms. The highest BCUT2D eigenvalue weighted by molar-refractivity contribution is 7.98. The number of nitrogens with zero attached hydrogens (tertiary/aromatic N) is 3. The third-order valence-electron chi connectivity index (χ3n) is 13.2. The van der Waals surface area contributed by atoms with Crippen molar-refractivity contribution < 1.29 is 52.8 Å². The van der Waals surface area contributed by atoms with Crippen LogP contribution in [0.5, 0.6) is 5.75 Å². The van der Waals surface area contributed by atoms with Gasteiger partial charge in [0.1, 0.15) is 46.4 Å². The highest BCUT2D eigenvalue weighted by Crippen LogP contribution is 2.49. The number of carbonyl (C=O) groups is 6. The van der Waals surface area contributed by atoms with Gasteiger partial charge in [-0.1, -0.05) is 62.2 Å². The lowest BCUT2D eigenvalue weighted by atomic mass is 9.82. The summed E-state index contributed by atoms with van der Waals surface area (Å²) >= 11 is 8.33. The SMILES string of the molecule is C=C1C=CC(=O)N1CCCCCC(=O)NC(CCSC)C(=O)N(C)[C@@H](C)C(=O)OC1CC(=O)N(C)c2cc(cc(OC)c2Cl)C/C(C)=C/C=C/C(C)C2(O)CC(OC(=O)N2)C(C)C2OC12C. The van der Waals surface area contributed by atoms with Crippen molar-refractivity contribution in [2.24, 2.45) is 11.8 Å². The number of nitrogens with one attached hydrogen (secondary N) is 2. The second kappa shape index (κ2) is 22.3. The quantitative estimate of drug-likeness (QED) is 0.108. The number of hydrogen-bond donors (Lipinski definition) is 3. The van der Waals surface area contributed by atoms with Crippen molar-refractivity contribution in [3.05, 3.63) is 70.9 Å². The summed E-state index contributed by atoms with van der Waals surface area (Å²) in [6.45, 7) is 13.1. The number of alkyl carbamates (subject to hydrolysis) is 1. The standard InChI is InChI=1S/C48H66ClN5O11S/c1-28-15-14-16-29(2)48(61)27-37(63-46(60)51-48)31(4)43-47(6,65-43)38(26-41(57)53(8)35-24-33(23-28)25-36(62-9)42(35)49)64-45(59)32(5)52(7)44(58)34(20-22-66-10)50-39(55)17-12-11-13-21-54-30(3)18-19-40(54)56/h14-16,18-19,24-25,29,31-32,34,37-38,43,61H,3,11-13,17,20-23,26-27H2,1-2,4-10H3,(H,50,55)(H,51,60)/b16-14+,28-15+/t29?,31?,32-,34?,37?,38?,43?,47?,48?/m0/s1. The number of anilines is 1. The largest absolute Gasteiger partial charge is 0.495 e. The normalized spacial score (nSPS) is 28.8. The van der Waals surface area contributed by atoms with Crippen molar-refractivity contribution in [2.45, 2.75) is 128 Å². The van der Waals surface area contributed by atoms with Crippen LogP contribution >= 0.6 is 23.4 Å². The molecule has 66 heavy (non-hydrogen) atoms. The second-order valence-corrected chi connectivity index (χ2v) is 19.4. The van der Waals surface area contributed by atoms with E-state index in [0.29, 0.717) is 61.5 Å². The van der Waals surface area contributed by atoms with Crippen molar-refractivity contribution in [3.8, 4) is 5.75 Å². The number of likely N-dealkylation sites (N-methyl/N-ethyl adjacent to an activating group) is 1. The van der Waals surface area contributed by atoms with Crippen LogP contribution in [0.1, 0.15) is 85.1 Å². The molecule has 0 radical (unpaired) electrons. The number of hydrogen-bond acceptors (Lipinski definition) is 12. The third kappa shape index (κ3) is 12.4. The van der Waals surface area contributed by atoms with Crippen molar-refractivity contribution in [3.63, 3.8) is 0 Å². The van der Waals surface area contributed by atoms with E-state index in [1.807, 2.05) is 32.3 Å². The zero-order valence-corrected chi connectivity index (χ0v) is 41.1. The molecule has 16 nitrogen and oxygen atoms in total. The number of aliphatic hydroxyl groups is 1. The van der Waals surface area contributed by atoms with Crippen LogP contribution in [0, 0.1) is 11.8 Å². The summed E-state index contributed by atoms with van der Waals surface area (Å²) in [6, 6.07) is 1.51. The smallest absolute Gasteiger partial charge is 0.409 e. The maximum absolute atomic E-state index is 14.4. The lowest BCUT2D eigenvalue weighted by molar-refractivity contribution is -0.162. The number of thioether (sulfide) groups is 1. The Morgan fingerprint density at radius 3 is 2.56 bits per heavy atom. The minimum absolute atomic E-state index is 0.0216. The van der Waals surface area contributed by atoms with E-state index in [4.69, 9.17) is 30.5 Å². The molecule has 3 N–H and O–H groups in total. The van der Waals surface area contributed by atoms with Gasteiger partial charge in [0, 0.05) is 57.1 Å². The van der Waals surface area contributed by atoms with Crippen LogP contribution in [0.2, 0.25) is 5.02 Å². The van der Waals surface area contributed by atoms with Crippen molar-refractivity contribution >= 4 is 64.7 Å². The lowest BCUT2D eigenvalue weighted by Gasteiger charge is -2.41. The molecule has 4 aliphatic heterocycles. The Hall–Kier alpha value is -4.84. The molecular formula is C48H66ClN5O11S. The molecule has 1 aromatic carbocycles. The molecule has 2 fully saturated rings. The number of ether oxygens (including phenoxy) is 4. The predicted molar refractivity (Wildman–Crippen MR) is 253 cm³/mol. The first kappa shape index (κ1) is 52.1. The first-order chi connectivity index (χ1) is 31.1. The van der Waals surface area contributed by atoms with Crippen molar-refractivity contribution in [1.29, 1.82) is 0 Å². The van der Waals surface area contributed by atoms with E-state index < -0.39 is 77.4 Å². The summed E-state index contributed by atoms with van der Waals surface area (Å²) in [4.78, 5) is 84.9. The van der Waals surface area contributed by atoms with Crippen LogP contribution in [-0.4, -0.2) is 132 Å². The zero-order chi connectivity index (χ0) is 48.7. The Kier molecular flexibility index (Phi) is 17.6. The lowest BCUT2D eigenvalue weighted by Crippen LogP contribution is -2.60. The first-order valence-corrected chi connectivity index (χ1v) is 24.2. The van der Waals surface area contributed by atoms with Crippen LogP contribution in [0.4, 0.5) is 10.5 Å². The van der Waals surface area contributed by atoms with Gasteiger partial charge in [-0.2, -0.15) is 11.8 Å². The number of rotatable bonds is 15. The average molecular weight is 957 g/mol. The maximum Gasteiger partial charge on any atom is 0.409 e. The fourth-order valence-corrected chi connectivity index (χ4v) is 9.36. The van der Waals surface area contributed by atoms with Gasteiger partial charge in [0.15, 0.2) is 0 Å². The number of unbranched alkanes of at least 4 members (excludes halogenated alkanes) is 2. The van der Waals surface area contributed by atoms with Gasteiger partial charge in [-0.3, -0.25) is 24.5 Å². The number of halogens is 1. The number of amides is 5. The van der Waals surface area contributed by atoms with E-state index in [1.54, 1.807) is 50.1 Å². The van der Waals surface area contributed by atoms with E-state index in [0.717, 1.165) is 11.1 Å². The number of methoxy groups -OCH3 is 1. The number of benzene rings is 1. The molecule has 5 rings (SSSR count). The Labute approximate surface area is 397 Å². The average Bonchev–Trinajstić information content (AvgIpc) is 3.87. The first-order valence-electron chi connectivity index (χ1n) is 22.4. The molecule has 362 valence electrons. The molecule has 0 aromatic heterocycles. The Morgan fingerprint density at radius 1 is 1.17 bits per heavy atom. The molecule has 9 atom stereocenters. The van der Waals surface area contributed by atoms with Gasteiger partial charge in [0.25, 0.3) is 5.91 Å². The predicted octanol–water partition coefficient (Wildman–Crippen LogP) is 5.85. The summed E-state index contributed by atoms with van der Waals surface area (Å²) in [5, 5.41) is 17.4. The number of fused-ring (bicyclic) bond motifs is 5. The highest BCUT2D eigenvalue weighted by atomic mass is 35.5. The van der Waals surface area contributed by atoms with Gasteiger partial charge in [-0.05, 0) is 82.2 Å². The molecule has 4 aliphatic rings. The van der Waals surface area contributed by atoms with Crippen LogP contribution < -0.4 is 20.3 Å². The summed E-state index contributed by atoms with van der Waals surface area (Å²) < 4.78 is 23.9. The second-order valence-electron chi connectivity index (χ2n) is 18.0. The van der Waals surface area contributed by atoms with Gasteiger partial charge in [-0.25, -0.2) is 9.59 Å². The number of carbonyl (C=O) groups excluding carboxylic acids is 6. The summed E-state index contributed by atoms with van der Waals surface area (Å²) in [5.74, 6) is -2.34. The van der Waals surface area contributed by atoms with Gasteiger partial charge in [0.05, 0.1) is 25.3 Å². The van der Waals surface area contributed by atoms with Crippen LogP contribution in [0.3, 0.4) is 0 Å². The van der Waals surface area contributed by atoms with E-state index in [2.05, 4.69) is 17.2 Å².